The predicted octanol–water partition coefficient (Wildman–Crippen LogP) is 2.37. The van der Waals surface area contributed by atoms with E-state index in [1.807, 2.05) is 30.3 Å². The Kier molecular flexibility index (Phi) is 8.65. The molecule has 0 aliphatic rings. The van der Waals surface area contributed by atoms with E-state index in [0.29, 0.717) is 24.3 Å². The third kappa shape index (κ3) is 7.63. The largest absolute Gasteiger partial charge is 0.493 e. The van der Waals surface area contributed by atoms with Crippen LogP contribution in [0.15, 0.2) is 54.6 Å². The number of hydrogen-bond donors (Lipinski definition) is 3. The maximum absolute atomic E-state index is 12.0. The molecule has 0 saturated carbocycles. The lowest BCUT2D eigenvalue weighted by Gasteiger charge is -2.10. The molecule has 0 bridgehead atoms. The van der Waals surface area contributed by atoms with Gasteiger partial charge in [-0.25, -0.2) is 0 Å². The number of carbonyl (C=O) groups is 2. The molecule has 2 amide bonds. The van der Waals surface area contributed by atoms with Crippen LogP contribution in [0.5, 0.6) is 11.5 Å². The summed E-state index contributed by atoms with van der Waals surface area (Å²) in [7, 11) is 3.09. The van der Waals surface area contributed by atoms with E-state index >= 15 is 0 Å². The molecule has 2 rings (SSSR count). The van der Waals surface area contributed by atoms with Crippen LogP contribution in [0.2, 0.25) is 0 Å². The van der Waals surface area contributed by atoms with Gasteiger partial charge in [-0.2, -0.15) is 0 Å². The summed E-state index contributed by atoms with van der Waals surface area (Å²) >= 11 is 5.00. The van der Waals surface area contributed by atoms with Crippen molar-refractivity contribution in [2.24, 2.45) is 0 Å². The molecule has 0 radical (unpaired) electrons. The van der Waals surface area contributed by atoms with Gasteiger partial charge in [0.25, 0.3) is 0 Å². The second-order valence-electron chi connectivity index (χ2n) is 5.92. The molecule has 3 N–H and O–H groups in total. The van der Waals surface area contributed by atoms with E-state index in [1.165, 1.54) is 13.2 Å². The standard InChI is InChI=1S/C21H23N3O4S/c1-27-17-11-8-16(14-18(17)28-2)10-12-19(25)22-21(29)24-23-20(26)13-9-15-6-4-3-5-7-15/h3-8,10-12,14H,9,13H2,1-2H3,(H,23,26)(H2,22,24,25,29). The molecule has 0 heterocycles. The lowest BCUT2D eigenvalue weighted by atomic mass is 10.1. The zero-order valence-electron chi connectivity index (χ0n) is 16.2. The molecule has 0 saturated heterocycles. The van der Waals surface area contributed by atoms with Crippen molar-refractivity contribution >= 4 is 35.2 Å². The van der Waals surface area contributed by atoms with Gasteiger partial charge >= 0.3 is 0 Å². The monoisotopic (exact) mass is 413 g/mol. The molecule has 0 unspecified atom stereocenters. The number of hydrogen-bond acceptors (Lipinski definition) is 5. The predicted molar refractivity (Wildman–Crippen MR) is 115 cm³/mol. The highest BCUT2D eigenvalue weighted by Crippen LogP contribution is 2.27. The highest BCUT2D eigenvalue weighted by molar-refractivity contribution is 7.80. The fourth-order valence-electron chi connectivity index (χ4n) is 2.40. The maximum atomic E-state index is 12.0. The third-order valence-corrected chi connectivity index (χ3v) is 4.07. The number of amides is 2. The normalized spacial score (nSPS) is 10.3. The Balaban J connectivity index is 1.75. The number of hydrazine groups is 1. The summed E-state index contributed by atoms with van der Waals surface area (Å²) in [4.78, 5) is 23.8. The summed E-state index contributed by atoms with van der Waals surface area (Å²) in [5.41, 5.74) is 6.79. The van der Waals surface area contributed by atoms with Crippen LogP contribution < -0.4 is 25.6 Å². The molecule has 0 fully saturated rings. The zero-order valence-corrected chi connectivity index (χ0v) is 17.0. The van der Waals surface area contributed by atoms with E-state index in [0.717, 1.165) is 11.1 Å². The van der Waals surface area contributed by atoms with Crippen LogP contribution in [0.25, 0.3) is 6.08 Å². The Bertz CT molecular complexity index is 885. The van der Waals surface area contributed by atoms with Gasteiger partial charge in [-0.15, -0.1) is 0 Å². The Labute approximate surface area is 175 Å². The van der Waals surface area contributed by atoms with Gasteiger partial charge in [0.2, 0.25) is 11.8 Å². The molecule has 152 valence electrons. The molecule has 0 aliphatic carbocycles. The van der Waals surface area contributed by atoms with Gasteiger partial charge in [0.1, 0.15) is 0 Å². The van der Waals surface area contributed by atoms with Crippen molar-refractivity contribution < 1.29 is 19.1 Å². The number of methoxy groups -OCH3 is 2. The summed E-state index contributed by atoms with van der Waals surface area (Å²) < 4.78 is 10.4. The van der Waals surface area contributed by atoms with Crippen LogP contribution in [-0.4, -0.2) is 31.1 Å². The van der Waals surface area contributed by atoms with Gasteiger partial charge in [0.05, 0.1) is 14.2 Å². The fourth-order valence-corrected chi connectivity index (χ4v) is 2.56. The SMILES string of the molecule is COc1ccc(C=CC(=O)NC(=S)NNC(=O)CCc2ccccc2)cc1OC. The number of aryl methyl sites for hydroxylation is 1. The second kappa shape index (κ2) is 11.5. The van der Waals surface area contributed by atoms with E-state index in [9.17, 15) is 9.59 Å². The Morgan fingerprint density at radius 2 is 1.72 bits per heavy atom. The Hall–Kier alpha value is -3.39. The van der Waals surface area contributed by atoms with Crippen molar-refractivity contribution in [1.82, 2.24) is 16.2 Å². The number of rotatable bonds is 7. The first-order valence-electron chi connectivity index (χ1n) is 8.85. The minimum absolute atomic E-state index is 0.0000209. The van der Waals surface area contributed by atoms with Crippen LogP contribution in [0.4, 0.5) is 0 Å². The summed E-state index contributed by atoms with van der Waals surface area (Å²) in [6.07, 6.45) is 3.85. The van der Waals surface area contributed by atoms with Gasteiger partial charge < -0.3 is 9.47 Å². The van der Waals surface area contributed by atoms with Crippen molar-refractivity contribution in [1.29, 1.82) is 0 Å². The maximum Gasteiger partial charge on any atom is 0.250 e. The molecule has 0 aliphatic heterocycles. The first kappa shape index (κ1) is 21.9. The minimum atomic E-state index is -0.434. The molecule has 8 heteroatoms. The van der Waals surface area contributed by atoms with Crippen molar-refractivity contribution in [3.63, 3.8) is 0 Å². The topological polar surface area (TPSA) is 88.7 Å². The molecular formula is C21H23N3O4S. The summed E-state index contributed by atoms with van der Waals surface area (Å²) in [6.45, 7) is 0. The average Bonchev–Trinajstić information content (AvgIpc) is 2.75. The summed E-state index contributed by atoms with van der Waals surface area (Å²) in [5, 5.41) is 2.45. The van der Waals surface area contributed by atoms with Crippen molar-refractivity contribution in [3.05, 3.63) is 65.7 Å². The molecule has 7 nitrogen and oxygen atoms in total. The number of ether oxygens (including phenoxy) is 2. The first-order valence-corrected chi connectivity index (χ1v) is 9.26. The quantitative estimate of drug-likeness (QED) is 0.367. The molecule has 2 aromatic rings. The van der Waals surface area contributed by atoms with E-state index in [1.54, 1.807) is 31.4 Å². The second-order valence-corrected chi connectivity index (χ2v) is 6.33. The number of benzene rings is 2. The number of nitrogens with one attached hydrogen (secondary N) is 3. The lowest BCUT2D eigenvalue weighted by molar-refractivity contribution is -0.121. The molecule has 2 aromatic carbocycles. The van der Waals surface area contributed by atoms with Gasteiger partial charge in [0.15, 0.2) is 16.6 Å². The Morgan fingerprint density at radius 1 is 1.00 bits per heavy atom. The molecule has 0 aromatic heterocycles. The van der Waals surface area contributed by atoms with Crippen LogP contribution in [0.3, 0.4) is 0 Å². The smallest absolute Gasteiger partial charge is 0.250 e. The highest BCUT2D eigenvalue weighted by Gasteiger charge is 2.06. The average molecular weight is 413 g/mol. The van der Waals surface area contributed by atoms with E-state index in [-0.39, 0.29) is 11.0 Å². The van der Waals surface area contributed by atoms with Gasteiger partial charge in [0, 0.05) is 12.5 Å². The molecule has 0 spiro atoms. The minimum Gasteiger partial charge on any atom is -0.493 e. The van der Waals surface area contributed by atoms with E-state index < -0.39 is 5.91 Å². The summed E-state index contributed by atoms with van der Waals surface area (Å²) in [5.74, 6) is 0.495. The zero-order chi connectivity index (χ0) is 21.1. The summed E-state index contributed by atoms with van der Waals surface area (Å²) in [6, 6.07) is 14.9. The van der Waals surface area contributed by atoms with Gasteiger partial charge in [-0.05, 0) is 48.0 Å². The van der Waals surface area contributed by atoms with Crippen LogP contribution >= 0.6 is 12.2 Å². The van der Waals surface area contributed by atoms with Crippen molar-refractivity contribution in [2.75, 3.05) is 14.2 Å². The molecule has 0 atom stereocenters. The van der Waals surface area contributed by atoms with Crippen molar-refractivity contribution in [3.8, 4) is 11.5 Å². The number of carbonyl (C=O) groups excluding carboxylic acids is 2. The highest BCUT2D eigenvalue weighted by atomic mass is 32.1. The fraction of sp³-hybridized carbons (Fsp3) is 0.190. The molecule has 29 heavy (non-hydrogen) atoms. The van der Waals surface area contributed by atoms with Crippen LogP contribution in [-0.2, 0) is 16.0 Å². The van der Waals surface area contributed by atoms with E-state index in [2.05, 4.69) is 16.2 Å². The number of thiocarbonyl (C=S) groups is 1. The Morgan fingerprint density at radius 3 is 2.41 bits per heavy atom. The first-order chi connectivity index (χ1) is 14.0. The van der Waals surface area contributed by atoms with Gasteiger partial charge in [-0.1, -0.05) is 36.4 Å². The van der Waals surface area contributed by atoms with Gasteiger partial charge in [-0.3, -0.25) is 25.8 Å². The van der Waals surface area contributed by atoms with E-state index in [4.69, 9.17) is 21.7 Å². The molecular weight excluding hydrogens is 390 g/mol. The van der Waals surface area contributed by atoms with Crippen LogP contribution in [0, 0.1) is 0 Å². The van der Waals surface area contributed by atoms with Crippen LogP contribution in [0.1, 0.15) is 17.5 Å². The lowest BCUT2D eigenvalue weighted by Crippen LogP contribution is -2.48. The third-order valence-electron chi connectivity index (χ3n) is 3.87. The van der Waals surface area contributed by atoms with Crippen molar-refractivity contribution in [2.45, 2.75) is 12.8 Å².